The Labute approximate surface area is 102 Å². The monoisotopic (exact) mass is 239 g/mol. The number of carbonyl (C=O) groups excluding carboxylic acids is 1. The van der Waals surface area contributed by atoms with Crippen molar-refractivity contribution in [3.63, 3.8) is 0 Å². The maximum atomic E-state index is 12.3. The zero-order chi connectivity index (χ0) is 12.4. The maximum absolute atomic E-state index is 12.3. The van der Waals surface area contributed by atoms with Crippen molar-refractivity contribution >= 4 is 11.9 Å². The van der Waals surface area contributed by atoms with Crippen molar-refractivity contribution in [1.29, 1.82) is 0 Å². The fourth-order valence-electron chi connectivity index (χ4n) is 3.13. The van der Waals surface area contributed by atoms with E-state index in [0.717, 1.165) is 25.7 Å². The predicted molar refractivity (Wildman–Crippen MR) is 63.5 cm³/mol. The van der Waals surface area contributed by atoms with Crippen molar-refractivity contribution in [1.82, 2.24) is 4.90 Å². The molecule has 0 aromatic heterocycles. The number of carboxylic acids is 1. The Morgan fingerprint density at radius 2 is 1.76 bits per heavy atom. The first kappa shape index (κ1) is 12.4. The zero-order valence-electron chi connectivity index (χ0n) is 10.4. The number of likely N-dealkylation sites (tertiary alicyclic amines) is 1. The first-order chi connectivity index (χ1) is 8.09. The molecule has 1 amide bonds. The molecule has 1 heterocycles. The topological polar surface area (TPSA) is 57.6 Å². The summed E-state index contributed by atoms with van der Waals surface area (Å²) >= 11 is 0. The average Bonchev–Trinajstić information content (AvgIpc) is 2.81. The number of carboxylic acid groups (broad SMARTS) is 1. The third kappa shape index (κ3) is 2.61. The number of rotatable bonds is 2. The largest absolute Gasteiger partial charge is 0.481 e. The van der Waals surface area contributed by atoms with Crippen LogP contribution in [0.4, 0.5) is 0 Å². The molecule has 2 rings (SSSR count). The van der Waals surface area contributed by atoms with Gasteiger partial charge in [0, 0.05) is 18.5 Å². The fraction of sp³-hybridized carbons (Fsp3) is 0.846. The lowest BCUT2D eigenvalue weighted by atomic mass is 9.90. The van der Waals surface area contributed by atoms with Crippen molar-refractivity contribution in [3.8, 4) is 0 Å². The molecule has 96 valence electrons. The van der Waals surface area contributed by atoms with Gasteiger partial charge in [0.25, 0.3) is 0 Å². The van der Waals surface area contributed by atoms with Gasteiger partial charge in [-0.2, -0.15) is 0 Å². The highest BCUT2D eigenvalue weighted by Crippen LogP contribution is 2.30. The number of aliphatic carboxylic acids is 1. The summed E-state index contributed by atoms with van der Waals surface area (Å²) in [5, 5.41) is 8.99. The third-order valence-electron chi connectivity index (χ3n) is 4.21. The van der Waals surface area contributed by atoms with Crippen molar-refractivity contribution in [2.24, 2.45) is 11.8 Å². The van der Waals surface area contributed by atoms with Crippen LogP contribution >= 0.6 is 0 Å². The highest BCUT2D eigenvalue weighted by molar-refractivity contribution is 5.80. The lowest BCUT2D eigenvalue weighted by Crippen LogP contribution is -2.47. The molecule has 0 bridgehead atoms. The maximum Gasteiger partial charge on any atom is 0.306 e. The van der Waals surface area contributed by atoms with Crippen LogP contribution in [0.15, 0.2) is 0 Å². The van der Waals surface area contributed by atoms with E-state index in [4.69, 9.17) is 5.11 Å². The van der Waals surface area contributed by atoms with Crippen LogP contribution in [-0.4, -0.2) is 34.5 Å². The van der Waals surface area contributed by atoms with Gasteiger partial charge in [-0.25, -0.2) is 0 Å². The minimum Gasteiger partial charge on any atom is -0.481 e. The molecule has 0 aromatic rings. The quantitative estimate of drug-likeness (QED) is 0.800. The second-order valence-electron chi connectivity index (χ2n) is 5.42. The first-order valence-electron chi connectivity index (χ1n) is 6.63. The first-order valence-corrected chi connectivity index (χ1v) is 6.63. The molecule has 2 atom stereocenters. The number of hydrogen-bond donors (Lipinski definition) is 1. The van der Waals surface area contributed by atoms with E-state index in [9.17, 15) is 9.59 Å². The van der Waals surface area contributed by atoms with Crippen molar-refractivity contribution in [3.05, 3.63) is 0 Å². The number of hydrogen-bond acceptors (Lipinski definition) is 2. The molecule has 1 saturated carbocycles. The molecule has 4 nitrogen and oxygen atoms in total. The third-order valence-corrected chi connectivity index (χ3v) is 4.21. The normalized spacial score (nSPS) is 30.5. The van der Waals surface area contributed by atoms with Gasteiger partial charge in [-0.05, 0) is 32.6 Å². The summed E-state index contributed by atoms with van der Waals surface area (Å²) < 4.78 is 0. The summed E-state index contributed by atoms with van der Waals surface area (Å²) in [7, 11) is 0. The van der Waals surface area contributed by atoms with E-state index in [0.29, 0.717) is 19.4 Å². The number of carbonyl (C=O) groups is 2. The zero-order valence-corrected chi connectivity index (χ0v) is 10.4. The highest BCUT2D eigenvalue weighted by Gasteiger charge is 2.35. The molecule has 4 heteroatoms. The summed E-state index contributed by atoms with van der Waals surface area (Å²) in [5.74, 6) is -0.514. The predicted octanol–water partition coefficient (Wildman–Crippen LogP) is 1.89. The molecule has 1 N–H and O–H groups in total. The SMILES string of the molecule is CC1CC(C(=O)O)CCN1C(=O)C1CCCC1. The smallest absolute Gasteiger partial charge is 0.306 e. The summed E-state index contributed by atoms with van der Waals surface area (Å²) in [5.41, 5.74) is 0. The Morgan fingerprint density at radius 1 is 1.12 bits per heavy atom. The second kappa shape index (κ2) is 5.07. The molecule has 0 spiro atoms. The molecular formula is C13H21NO3. The van der Waals surface area contributed by atoms with Crippen LogP contribution < -0.4 is 0 Å². The minimum atomic E-state index is -0.718. The van der Waals surface area contributed by atoms with Crippen LogP contribution in [0.3, 0.4) is 0 Å². The van der Waals surface area contributed by atoms with Gasteiger partial charge in [0.2, 0.25) is 5.91 Å². The second-order valence-corrected chi connectivity index (χ2v) is 5.42. The van der Waals surface area contributed by atoms with Crippen molar-refractivity contribution in [2.75, 3.05) is 6.54 Å². The van der Waals surface area contributed by atoms with Crippen molar-refractivity contribution in [2.45, 2.75) is 51.5 Å². The van der Waals surface area contributed by atoms with Crippen LogP contribution in [0.2, 0.25) is 0 Å². The lowest BCUT2D eigenvalue weighted by Gasteiger charge is -2.37. The van der Waals surface area contributed by atoms with E-state index < -0.39 is 5.97 Å². The van der Waals surface area contributed by atoms with E-state index in [1.54, 1.807) is 0 Å². The van der Waals surface area contributed by atoms with Gasteiger partial charge in [0.05, 0.1) is 5.92 Å². The van der Waals surface area contributed by atoms with Gasteiger partial charge in [0.1, 0.15) is 0 Å². The van der Waals surface area contributed by atoms with E-state index >= 15 is 0 Å². The van der Waals surface area contributed by atoms with Crippen LogP contribution in [0.1, 0.15) is 45.4 Å². The highest BCUT2D eigenvalue weighted by atomic mass is 16.4. The van der Waals surface area contributed by atoms with Crippen LogP contribution in [0.5, 0.6) is 0 Å². The Kier molecular flexibility index (Phi) is 3.69. The average molecular weight is 239 g/mol. The molecule has 1 aliphatic carbocycles. The number of nitrogens with zero attached hydrogens (tertiary/aromatic N) is 1. The Morgan fingerprint density at radius 3 is 2.29 bits per heavy atom. The Balaban J connectivity index is 1.94. The summed E-state index contributed by atoms with van der Waals surface area (Å²) in [6, 6.07) is 0.0814. The van der Waals surface area contributed by atoms with Crippen LogP contribution in [0.25, 0.3) is 0 Å². The molecule has 17 heavy (non-hydrogen) atoms. The number of amides is 1. The minimum absolute atomic E-state index is 0.0814. The van der Waals surface area contributed by atoms with E-state index in [1.165, 1.54) is 0 Å². The van der Waals surface area contributed by atoms with Gasteiger partial charge >= 0.3 is 5.97 Å². The van der Waals surface area contributed by atoms with Gasteiger partial charge in [-0.3, -0.25) is 9.59 Å². The molecule has 2 fully saturated rings. The number of piperidine rings is 1. The Hall–Kier alpha value is -1.06. The molecule has 1 aliphatic heterocycles. The standard InChI is InChI=1S/C13H21NO3/c1-9-8-11(13(16)17)6-7-14(9)12(15)10-4-2-3-5-10/h9-11H,2-8H2,1H3,(H,16,17). The molecule has 1 saturated heterocycles. The summed E-state index contributed by atoms with van der Waals surface area (Å²) in [6.45, 7) is 2.59. The lowest BCUT2D eigenvalue weighted by molar-refractivity contribution is -0.148. The summed E-state index contributed by atoms with van der Waals surface area (Å²) in [6.07, 6.45) is 5.58. The Bertz CT molecular complexity index is 310. The van der Waals surface area contributed by atoms with Gasteiger partial charge < -0.3 is 10.0 Å². The molecular weight excluding hydrogens is 218 g/mol. The van der Waals surface area contributed by atoms with Gasteiger partial charge in [-0.15, -0.1) is 0 Å². The van der Waals surface area contributed by atoms with Crippen molar-refractivity contribution < 1.29 is 14.7 Å². The molecule has 2 aliphatic rings. The van der Waals surface area contributed by atoms with E-state index in [1.807, 2.05) is 11.8 Å². The molecule has 2 unspecified atom stereocenters. The fourth-order valence-corrected chi connectivity index (χ4v) is 3.13. The van der Waals surface area contributed by atoms with E-state index in [2.05, 4.69) is 0 Å². The summed E-state index contributed by atoms with van der Waals surface area (Å²) in [4.78, 5) is 25.1. The van der Waals surface area contributed by atoms with E-state index in [-0.39, 0.29) is 23.8 Å². The van der Waals surface area contributed by atoms with Crippen LogP contribution in [0, 0.1) is 11.8 Å². The van der Waals surface area contributed by atoms with Gasteiger partial charge in [0.15, 0.2) is 0 Å². The van der Waals surface area contributed by atoms with Gasteiger partial charge in [-0.1, -0.05) is 12.8 Å². The molecule has 0 radical (unpaired) electrons. The molecule has 0 aromatic carbocycles. The van der Waals surface area contributed by atoms with Crippen LogP contribution in [-0.2, 0) is 9.59 Å².